The summed E-state index contributed by atoms with van der Waals surface area (Å²) in [6, 6.07) is 4.44. The number of aromatic hydroxyl groups is 1. The minimum Gasteiger partial charge on any atom is -0.502 e. The molecule has 2 rings (SSSR count). The van der Waals surface area contributed by atoms with Crippen molar-refractivity contribution in [3.05, 3.63) is 28.6 Å². The monoisotopic (exact) mass is 222 g/mol. The number of phenols is 1. The average Bonchev–Trinajstić information content (AvgIpc) is 2.29. The van der Waals surface area contributed by atoms with Crippen molar-refractivity contribution in [2.75, 3.05) is 14.2 Å². The molecule has 1 N–H and O–H groups in total. The van der Waals surface area contributed by atoms with Crippen LogP contribution in [0.15, 0.2) is 27.4 Å². The molecule has 0 aliphatic heterocycles. The fraction of sp³-hybridized carbons (Fsp3) is 0.182. The van der Waals surface area contributed by atoms with Gasteiger partial charge in [-0.25, -0.2) is 4.79 Å². The Bertz CT molecular complexity index is 585. The van der Waals surface area contributed by atoms with Gasteiger partial charge < -0.3 is 19.0 Å². The Hall–Kier alpha value is -2.17. The van der Waals surface area contributed by atoms with Crippen molar-refractivity contribution >= 4 is 11.0 Å². The van der Waals surface area contributed by atoms with E-state index in [1.54, 1.807) is 12.1 Å². The number of methoxy groups -OCH3 is 2. The highest BCUT2D eigenvalue weighted by Gasteiger charge is 2.16. The van der Waals surface area contributed by atoms with Crippen LogP contribution < -0.4 is 15.1 Å². The van der Waals surface area contributed by atoms with Crippen molar-refractivity contribution in [3.8, 4) is 17.2 Å². The second kappa shape index (κ2) is 3.77. The second-order valence-electron chi connectivity index (χ2n) is 3.13. The predicted octanol–water partition coefficient (Wildman–Crippen LogP) is 1.52. The van der Waals surface area contributed by atoms with E-state index in [1.807, 2.05) is 0 Å². The Morgan fingerprint density at radius 2 is 2.00 bits per heavy atom. The highest BCUT2D eigenvalue weighted by molar-refractivity contribution is 5.87. The van der Waals surface area contributed by atoms with E-state index in [-0.39, 0.29) is 17.1 Å². The lowest BCUT2D eigenvalue weighted by Gasteiger charge is -2.10. The summed E-state index contributed by atoms with van der Waals surface area (Å²) in [5, 5.41) is 10.4. The minimum atomic E-state index is -0.532. The summed E-state index contributed by atoms with van der Waals surface area (Å²) in [4.78, 5) is 11.0. The maximum absolute atomic E-state index is 11.0. The molecule has 0 radical (unpaired) electrons. The normalized spacial score (nSPS) is 10.4. The van der Waals surface area contributed by atoms with Gasteiger partial charge in [-0.2, -0.15) is 0 Å². The maximum Gasteiger partial charge on any atom is 0.336 e. The number of fused-ring (bicyclic) bond motifs is 1. The van der Waals surface area contributed by atoms with Crippen LogP contribution in [0, 0.1) is 0 Å². The van der Waals surface area contributed by atoms with Crippen LogP contribution in [0.5, 0.6) is 17.2 Å². The number of rotatable bonds is 2. The lowest BCUT2D eigenvalue weighted by molar-refractivity contribution is 0.332. The first-order valence-electron chi connectivity index (χ1n) is 4.55. The molecule has 0 bridgehead atoms. The Kier molecular flexibility index (Phi) is 2.44. The van der Waals surface area contributed by atoms with Gasteiger partial charge in [0.15, 0.2) is 11.3 Å². The second-order valence-corrected chi connectivity index (χ2v) is 3.13. The summed E-state index contributed by atoms with van der Waals surface area (Å²) in [6.07, 6.45) is 0. The Morgan fingerprint density at radius 3 is 2.62 bits per heavy atom. The molecule has 0 fully saturated rings. The SMILES string of the molecule is COc1cc2ccc(=O)oc2c(O)c1OC. The number of hydrogen-bond acceptors (Lipinski definition) is 5. The molecule has 84 valence electrons. The lowest BCUT2D eigenvalue weighted by atomic mass is 10.2. The van der Waals surface area contributed by atoms with Gasteiger partial charge >= 0.3 is 5.63 Å². The molecule has 0 amide bonds. The largest absolute Gasteiger partial charge is 0.502 e. The van der Waals surface area contributed by atoms with Crippen LogP contribution in [-0.2, 0) is 0 Å². The Morgan fingerprint density at radius 1 is 1.25 bits per heavy atom. The van der Waals surface area contributed by atoms with Crippen LogP contribution in [0.1, 0.15) is 0 Å². The molecule has 0 aliphatic rings. The number of hydrogen-bond donors (Lipinski definition) is 1. The van der Waals surface area contributed by atoms with Crippen molar-refractivity contribution in [1.82, 2.24) is 0 Å². The van der Waals surface area contributed by atoms with Crippen molar-refractivity contribution < 1.29 is 19.0 Å². The van der Waals surface area contributed by atoms with Gasteiger partial charge in [0, 0.05) is 11.5 Å². The minimum absolute atomic E-state index is 0.0881. The molecule has 1 heterocycles. The summed E-state index contributed by atoms with van der Waals surface area (Å²) in [7, 11) is 2.85. The standard InChI is InChI=1S/C11H10O5/c1-14-7-5-6-3-4-8(12)16-10(6)9(13)11(7)15-2/h3-5,13H,1-2H3. The van der Waals surface area contributed by atoms with Gasteiger partial charge in [-0.3, -0.25) is 0 Å². The molecule has 0 spiro atoms. The molecular formula is C11H10O5. The van der Waals surface area contributed by atoms with E-state index in [1.165, 1.54) is 20.3 Å². The molecule has 0 saturated carbocycles. The molecule has 2 aromatic rings. The van der Waals surface area contributed by atoms with Crippen molar-refractivity contribution in [2.24, 2.45) is 0 Å². The highest BCUT2D eigenvalue weighted by Crippen LogP contribution is 2.41. The van der Waals surface area contributed by atoms with Gasteiger partial charge in [-0.1, -0.05) is 0 Å². The zero-order valence-corrected chi connectivity index (χ0v) is 8.81. The van der Waals surface area contributed by atoms with Crippen LogP contribution >= 0.6 is 0 Å². The average molecular weight is 222 g/mol. The van der Waals surface area contributed by atoms with E-state index in [9.17, 15) is 9.90 Å². The van der Waals surface area contributed by atoms with Crippen molar-refractivity contribution in [1.29, 1.82) is 0 Å². The lowest BCUT2D eigenvalue weighted by Crippen LogP contribution is -1.97. The molecule has 16 heavy (non-hydrogen) atoms. The van der Waals surface area contributed by atoms with Crippen LogP contribution in [0.3, 0.4) is 0 Å². The quantitative estimate of drug-likeness (QED) is 0.780. The Balaban J connectivity index is 2.87. The van der Waals surface area contributed by atoms with E-state index in [0.717, 1.165) is 0 Å². The van der Waals surface area contributed by atoms with Gasteiger partial charge in [-0.05, 0) is 12.1 Å². The van der Waals surface area contributed by atoms with E-state index < -0.39 is 5.63 Å². The number of benzene rings is 1. The fourth-order valence-corrected chi connectivity index (χ4v) is 1.50. The first-order chi connectivity index (χ1) is 7.67. The predicted molar refractivity (Wildman–Crippen MR) is 57.3 cm³/mol. The molecule has 0 saturated heterocycles. The molecular weight excluding hydrogens is 212 g/mol. The van der Waals surface area contributed by atoms with Crippen LogP contribution in [0.25, 0.3) is 11.0 Å². The number of ether oxygens (including phenoxy) is 2. The van der Waals surface area contributed by atoms with Crippen LogP contribution in [0.4, 0.5) is 0 Å². The highest BCUT2D eigenvalue weighted by atomic mass is 16.5. The van der Waals surface area contributed by atoms with Gasteiger partial charge in [0.1, 0.15) is 0 Å². The zero-order chi connectivity index (χ0) is 11.7. The molecule has 5 nitrogen and oxygen atoms in total. The van der Waals surface area contributed by atoms with Gasteiger partial charge in [0.25, 0.3) is 0 Å². The van der Waals surface area contributed by atoms with E-state index in [4.69, 9.17) is 13.9 Å². The molecule has 1 aromatic heterocycles. The first-order valence-corrected chi connectivity index (χ1v) is 4.55. The van der Waals surface area contributed by atoms with Crippen molar-refractivity contribution in [2.45, 2.75) is 0 Å². The third-order valence-electron chi connectivity index (χ3n) is 2.23. The topological polar surface area (TPSA) is 68.9 Å². The summed E-state index contributed by atoms with van der Waals surface area (Å²) in [5.41, 5.74) is -0.444. The van der Waals surface area contributed by atoms with Gasteiger partial charge in [-0.15, -0.1) is 0 Å². The van der Waals surface area contributed by atoms with E-state index in [0.29, 0.717) is 11.1 Å². The zero-order valence-electron chi connectivity index (χ0n) is 8.81. The summed E-state index contributed by atoms with van der Waals surface area (Å²) in [5.74, 6) is 0.278. The molecule has 5 heteroatoms. The smallest absolute Gasteiger partial charge is 0.336 e. The summed E-state index contributed by atoms with van der Waals surface area (Å²) >= 11 is 0. The summed E-state index contributed by atoms with van der Waals surface area (Å²) < 4.78 is 14.9. The van der Waals surface area contributed by atoms with Gasteiger partial charge in [0.05, 0.1) is 14.2 Å². The Labute approximate surface area is 90.8 Å². The van der Waals surface area contributed by atoms with E-state index >= 15 is 0 Å². The fourth-order valence-electron chi connectivity index (χ4n) is 1.50. The van der Waals surface area contributed by atoms with Crippen LogP contribution in [-0.4, -0.2) is 19.3 Å². The number of phenolic OH excluding ortho intramolecular Hbond substituents is 1. The third-order valence-corrected chi connectivity index (χ3v) is 2.23. The summed E-state index contributed by atoms with van der Waals surface area (Å²) in [6.45, 7) is 0. The third kappa shape index (κ3) is 1.46. The maximum atomic E-state index is 11.0. The van der Waals surface area contributed by atoms with E-state index in [2.05, 4.69) is 0 Å². The van der Waals surface area contributed by atoms with Crippen molar-refractivity contribution in [3.63, 3.8) is 0 Å². The molecule has 1 aromatic carbocycles. The molecule has 0 atom stereocenters. The molecule has 0 aliphatic carbocycles. The first kappa shape index (κ1) is 10.4. The molecule has 0 unspecified atom stereocenters. The van der Waals surface area contributed by atoms with Gasteiger partial charge in [0.2, 0.25) is 11.5 Å². The van der Waals surface area contributed by atoms with Crippen LogP contribution in [0.2, 0.25) is 0 Å².